The van der Waals surface area contributed by atoms with Gasteiger partial charge >= 0.3 is 0 Å². The van der Waals surface area contributed by atoms with E-state index >= 15 is 0 Å². The van der Waals surface area contributed by atoms with E-state index in [-0.39, 0.29) is 4.90 Å². The molecule has 6 heteroatoms. The molecule has 0 aliphatic carbocycles. The maximum Gasteiger partial charge on any atom is 0.264 e. The maximum atomic E-state index is 11.1. The lowest BCUT2D eigenvalue weighted by Gasteiger charge is -2.13. The Labute approximate surface area is 80.9 Å². The monoisotopic (exact) mass is 220 g/mol. The minimum Gasteiger partial charge on any atom is -0.268 e. The minimum atomic E-state index is -3.61. The molecule has 1 aliphatic rings. The van der Waals surface area contributed by atoms with Crippen molar-refractivity contribution in [2.45, 2.75) is 30.7 Å². The Morgan fingerprint density at radius 3 is 2.92 bits per heavy atom. The van der Waals surface area contributed by atoms with Crippen molar-refractivity contribution in [2.24, 2.45) is 0 Å². The highest BCUT2D eigenvalue weighted by Gasteiger charge is 2.22. The summed E-state index contributed by atoms with van der Waals surface area (Å²) in [6, 6.07) is 0. The smallest absolute Gasteiger partial charge is 0.264 e. The molecule has 0 N–H and O–H groups in total. The SMILES string of the molecule is O=S(=O)(Cl)c1cnn2c1CCCC2. The van der Waals surface area contributed by atoms with Gasteiger partial charge in [-0.2, -0.15) is 5.10 Å². The zero-order valence-electron chi connectivity index (χ0n) is 6.90. The predicted octanol–water partition coefficient (Wildman–Crippen LogP) is 1.15. The summed E-state index contributed by atoms with van der Waals surface area (Å²) >= 11 is 0. The summed E-state index contributed by atoms with van der Waals surface area (Å²) in [5.41, 5.74) is 0.751. The van der Waals surface area contributed by atoms with Crippen LogP contribution in [0.25, 0.3) is 0 Å². The van der Waals surface area contributed by atoms with Crippen LogP contribution in [0.3, 0.4) is 0 Å². The number of fused-ring (bicyclic) bond motifs is 1. The van der Waals surface area contributed by atoms with Crippen LogP contribution in [0, 0.1) is 0 Å². The molecule has 13 heavy (non-hydrogen) atoms. The lowest BCUT2D eigenvalue weighted by Crippen LogP contribution is -2.12. The average Bonchev–Trinajstić information content (AvgIpc) is 2.45. The van der Waals surface area contributed by atoms with Gasteiger partial charge in [0.05, 0.1) is 11.9 Å². The van der Waals surface area contributed by atoms with E-state index < -0.39 is 9.05 Å². The molecule has 0 amide bonds. The van der Waals surface area contributed by atoms with Crippen LogP contribution in [0.5, 0.6) is 0 Å². The molecule has 0 saturated carbocycles. The second kappa shape index (κ2) is 2.99. The zero-order chi connectivity index (χ0) is 9.47. The molecule has 1 aromatic heterocycles. The molecule has 0 bridgehead atoms. The van der Waals surface area contributed by atoms with E-state index in [0.29, 0.717) is 0 Å². The molecular formula is C7H9ClN2O2S. The highest BCUT2D eigenvalue weighted by atomic mass is 35.7. The van der Waals surface area contributed by atoms with Crippen molar-refractivity contribution in [3.8, 4) is 0 Å². The van der Waals surface area contributed by atoms with E-state index in [1.807, 2.05) is 0 Å². The molecular weight excluding hydrogens is 212 g/mol. The van der Waals surface area contributed by atoms with Gasteiger partial charge < -0.3 is 0 Å². The first-order chi connectivity index (χ1) is 6.09. The molecule has 0 fully saturated rings. The Balaban J connectivity index is 2.55. The van der Waals surface area contributed by atoms with Gasteiger partial charge in [-0.25, -0.2) is 8.42 Å². The third-order valence-electron chi connectivity index (χ3n) is 2.21. The van der Waals surface area contributed by atoms with Crippen LogP contribution in [-0.4, -0.2) is 18.2 Å². The summed E-state index contributed by atoms with van der Waals surface area (Å²) in [5, 5.41) is 3.98. The van der Waals surface area contributed by atoms with Crippen LogP contribution >= 0.6 is 10.7 Å². The average molecular weight is 221 g/mol. The number of hydrogen-bond donors (Lipinski definition) is 0. The second-order valence-corrected chi connectivity index (χ2v) is 5.61. The van der Waals surface area contributed by atoms with Crippen LogP contribution in [0.2, 0.25) is 0 Å². The van der Waals surface area contributed by atoms with E-state index in [9.17, 15) is 8.42 Å². The molecule has 0 aromatic carbocycles. The summed E-state index contributed by atoms with van der Waals surface area (Å²) in [5.74, 6) is 0. The summed E-state index contributed by atoms with van der Waals surface area (Å²) in [6.07, 6.45) is 4.14. The lowest BCUT2D eigenvalue weighted by molar-refractivity contribution is 0.481. The van der Waals surface area contributed by atoms with E-state index in [4.69, 9.17) is 10.7 Å². The molecule has 0 radical (unpaired) electrons. The fourth-order valence-electron chi connectivity index (χ4n) is 1.60. The Morgan fingerprint density at radius 1 is 1.46 bits per heavy atom. The van der Waals surface area contributed by atoms with Gasteiger partial charge in [-0.1, -0.05) is 0 Å². The summed E-state index contributed by atoms with van der Waals surface area (Å²) in [7, 11) is 1.64. The fourth-order valence-corrected chi connectivity index (χ4v) is 2.64. The topological polar surface area (TPSA) is 52.0 Å². The van der Waals surface area contributed by atoms with Gasteiger partial charge in [-0.15, -0.1) is 0 Å². The minimum absolute atomic E-state index is 0.175. The van der Waals surface area contributed by atoms with Gasteiger partial charge in [0.15, 0.2) is 0 Å². The molecule has 4 nitrogen and oxygen atoms in total. The first-order valence-electron chi connectivity index (χ1n) is 4.08. The van der Waals surface area contributed by atoms with Crippen molar-refractivity contribution in [2.75, 3.05) is 0 Å². The highest BCUT2D eigenvalue weighted by molar-refractivity contribution is 8.13. The fraction of sp³-hybridized carbons (Fsp3) is 0.571. The predicted molar refractivity (Wildman–Crippen MR) is 48.2 cm³/mol. The van der Waals surface area contributed by atoms with Gasteiger partial charge in [0.2, 0.25) is 0 Å². The Hall–Kier alpha value is -0.550. The van der Waals surface area contributed by atoms with Crippen molar-refractivity contribution in [1.29, 1.82) is 0 Å². The third kappa shape index (κ3) is 1.58. The quantitative estimate of drug-likeness (QED) is 0.667. The van der Waals surface area contributed by atoms with Gasteiger partial charge in [-0.3, -0.25) is 4.68 Å². The van der Waals surface area contributed by atoms with Gasteiger partial charge in [-0.05, 0) is 19.3 Å². The maximum absolute atomic E-state index is 11.1. The molecule has 0 spiro atoms. The van der Waals surface area contributed by atoms with E-state index in [2.05, 4.69) is 5.10 Å². The van der Waals surface area contributed by atoms with Crippen LogP contribution in [0.15, 0.2) is 11.1 Å². The first kappa shape index (κ1) is 9.02. The number of aromatic nitrogens is 2. The summed E-state index contributed by atoms with van der Waals surface area (Å²) < 4.78 is 23.9. The van der Waals surface area contributed by atoms with Crippen LogP contribution in [0.1, 0.15) is 18.5 Å². The molecule has 0 atom stereocenters. The van der Waals surface area contributed by atoms with Gasteiger partial charge in [0, 0.05) is 17.2 Å². The van der Waals surface area contributed by atoms with Gasteiger partial charge in [0.25, 0.3) is 9.05 Å². The van der Waals surface area contributed by atoms with Crippen molar-refractivity contribution in [3.63, 3.8) is 0 Å². The van der Waals surface area contributed by atoms with Crippen LogP contribution in [-0.2, 0) is 22.0 Å². The van der Waals surface area contributed by atoms with Crippen molar-refractivity contribution in [1.82, 2.24) is 9.78 Å². The molecule has 0 unspecified atom stereocenters. The number of halogens is 1. The Kier molecular flexibility index (Phi) is 2.08. The van der Waals surface area contributed by atoms with Crippen molar-refractivity contribution >= 4 is 19.7 Å². The summed E-state index contributed by atoms with van der Waals surface area (Å²) in [6.45, 7) is 0.793. The zero-order valence-corrected chi connectivity index (χ0v) is 8.48. The number of hydrogen-bond acceptors (Lipinski definition) is 3. The highest BCUT2D eigenvalue weighted by Crippen LogP contribution is 2.24. The first-order valence-corrected chi connectivity index (χ1v) is 6.39. The van der Waals surface area contributed by atoms with Crippen molar-refractivity contribution < 1.29 is 8.42 Å². The van der Waals surface area contributed by atoms with Crippen LogP contribution in [0.4, 0.5) is 0 Å². The Morgan fingerprint density at radius 2 is 2.23 bits per heavy atom. The molecule has 72 valence electrons. The molecule has 2 heterocycles. The Bertz CT molecular complexity index is 424. The van der Waals surface area contributed by atoms with E-state index in [0.717, 1.165) is 31.5 Å². The molecule has 2 rings (SSSR count). The van der Waals surface area contributed by atoms with Gasteiger partial charge in [0.1, 0.15) is 4.90 Å². The second-order valence-electron chi connectivity index (χ2n) is 3.07. The number of nitrogens with zero attached hydrogens (tertiary/aromatic N) is 2. The van der Waals surface area contributed by atoms with Crippen molar-refractivity contribution in [3.05, 3.63) is 11.9 Å². The number of aryl methyl sites for hydroxylation is 1. The summed E-state index contributed by atoms with van der Waals surface area (Å²) in [4.78, 5) is 0.175. The molecule has 1 aromatic rings. The number of rotatable bonds is 1. The standard InChI is InChI=1S/C7H9ClN2O2S/c8-13(11,12)7-5-9-10-4-2-1-3-6(7)10/h5H,1-4H2. The van der Waals surface area contributed by atoms with Crippen LogP contribution < -0.4 is 0 Å². The molecule has 0 saturated heterocycles. The normalized spacial score (nSPS) is 17.0. The lowest BCUT2D eigenvalue weighted by atomic mass is 10.1. The van der Waals surface area contributed by atoms with E-state index in [1.165, 1.54) is 6.20 Å². The third-order valence-corrected chi connectivity index (χ3v) is 3.57. The molecule has 1 aliphatic heterocycles. The largest absolute Gasteiger partial charge is 0.268 e. The van der Waals surface area contributed by atoms with E-state index in [1.54, 1.807) is 4.68 Å².